The van der Waals surface area contributed by atoms with Crippen molar-refractivity contribution in [2.75, 3.05) is 40.4 Å². The van der Waals surface area contributed by atoms with Gasteiger partial charge < -0.3 is 18.8 Å². The SMILES string of the molecule is CN1CCC(N(C)C(c2ccc(-c3ccc4c(c3)OCCO4)cc2)c2cn[nH]c2-c2ccco2)C1. The molecule has 0 aliphatic carbocycles. The molecule has 4 aromatic rings. The number of hydrogen-bond acceptors (Lipinski definition) is 6. The third kappa shape index (κ3) is 4.22. The van der Waals surface area contributed by atoms with Crippen LogP contribution in [-0.2, 0) is 0 Å². The van der Waals surface area contributed by atoms with Crippen molar-refractivity contribution in [1.82, 2.24) is 20.0 Å². The lowest BCUT2D eigenvalue weighted by atomic mass is 9.93. The molecule has 6 rings (SSSR count). The molecule has 1 saturated heterocycles. The van der Waals surface area contributed by atoms with E-state index in [2.05, 4.69) is 70.5 Å². The van der Waals surface area contributed by atoms with Crippen LogP contribution in [-0.4, -0.2) is 66.4 Å². The van der Waals surface area contributed by atoms with Gasteiger partial charge in [-0.2, -0.15) is 5.10 Å². The summed E-state index contributed by atoms with van der Waals surface area (Å²) in [6.07, 6.45) is 4.78. The third-order valence-corrected chi connectivity index (χ3v) is 7.18. The lowest BCUT2D eigenvalue weighted by molar-refractivity contribution is 0.171. The molecule has 0 spiro atoms. The number of fused-ring (bicyclic) bond motifs is 1. The van der Waals surface area contributed by atoms with Gasteiger partial charge in [0.25, 0.3) is 0 Å². The van der Waals surface area contributed by atoms with Gasteiger partial charge in [-0.1, -0.05) is 30.3 Å². The number of likely N-dealkylation sites (N-methyl/N-ethyl adjacent to an activating group) is 2. The lowest BCUT2D eigenvalue weighted by Crippen LogP contribution is -2.37. The van der Waals surface area contributed by atoms with Gasteiger partial charge in [0, 0.05) is 18.2 Å². The Balaban J connectivity index is 1.36. The second-order valence-corrected chi connectivity index (χ2v) is 9.43. The summed E-state index contributed by atoms with van der Waals surface area (Å²) in [5, 5.41) is 7.58. The number of rotatable bonds is 6. The number of aromatic nitrogens is 2. The van der Waals surface area contributed by atoms with Crippen LogP contribution in [0.2, 0.25) is 0 Å². The first-order chi connectivity index (χ1) is 17.2. The maximum atomic E-state index is 5.79. The van der Waals surface area contributed by atoms with Crippen molar-refractivity contribution in [1.29, 1.82) is 0 Å². The summed E-state index contributed by atoms with van der Waals surface area (Å²) in [5.74, 6) is 2.42. The lowest BCUT2D eigenvalue weighted by Gasteiger charge is -2.33. The Morgan fingerprint density at radius 2 is 1.83 bits per heavy atom. The average Bonchev–Trinajstić information content (AvgIpc) is 3.66. The molecule has 7 heteroatoms. The quantitative estimate of drug-likeness (QED) is 0.435. The minimum atomic E-state index is 0.0414. The first-order valence-electron chi connectivity index (χ1n) is 12.1. The number of nitrogens with one attached hydrogen (secondary N) is 1. The highest BCUT2D eigenvalue weighted by molar-refractivity contribution is 5.68. The van der Waals surface area contributed by atoms with Crippen LogP contribution in [0.1, 0.15) is 23.6 Å². The summed E-state index contributed by atoms with van der Waals surface area (Å²) >= 11 is 0. The summed E-state index contributed by atoms with van der Waals surface area (Å²) in [6, 6.07) is 19.4. The van der Waals surface area contributed by atoms with E-state index in [0.717, 1.165) is 59.2 Å². The number of H-pyrrole nitrogens is 1. The molecule has 180 valence electrons. The van der Waals surface area contributed by atoms with Crippen molar-refractivity contribution in [2.45, 2.75) is 18.5 Å². The summed E-state index contributed by atoms with van der Waals surface area (Å²) in [6.45, 7) is 3.35. The minimum Gasteiger partial charge on any atom is -0.486 e. The number of hydrogen-bond donors (Lipinski definition) is 1. The maximum absolute atomic E-state index is 5.79. The molecule has 2 aromatic heterocycles. The van der Waals surface area contributed by atoms with Crippen molar-refractivity contribution >= 4 is 0 Å². The molecule has 2 unspecified atom stereocenters. The zero-order chi connectivity index (χ0) is 23.8. The molecule has 0 saturated carbocycles. The van der Waals surface area contributed by atoms with Crippen LogP contribution in [0.3, 0.4) is 0 Å². The van der Waals surface area contributed by atoms with Crippen LogP contribution in [0.15, 0.2) is 71.5 Å². The fourth-order valence-electron chi connectivity index (χ4n) is 5.29. The molecule has 0 amide bonds. The number of aromatic amines is 1. The molecule has 4 heterocycles. The Hall–Kier alpha value is -3.55. The highest BCUT2D eigenvalue weighted by Crippen LogP contribution is 2.38. The molecule has 2 aliphatic rings. The predicted octanol–water partition coefficient (Wildman–Crippen LogP) is 4.83. The van der Waals surface area contributed by atoms with Crippen LogP contribution < -0.4 is 9.47 Å². The smallest absolute Gasteiger partial charge is 0.161 e. The predicted molar refractivity (Wildman–Crippen MR) is 135 cm³/mol. The van der Waals surface area contributed by atoms with Gasteiger partial charge in [-0.15, -0.1) is 0 Å². The maximum Gasteiger partial charge on any atom is 0.161 e. The zero-order valence-electron chi connectivity index (χ0n) is 20.1. The van der Waals surface area contributed by atoms with Crippen LogP contribution in [0.25, 0.3) is 22.6 Å². The van der Waals surface area contributed by atoms with Crippen molar-refractivity contribution in [3.8, 4) is 34.1 Å². The summed E-state index contributed by atoms with van der Waals surface area (Å²) in [5.41, 5.74) is 5.52. The van der Waals surface area contributed by atoms with E-state index in [1.54, 1.807) is 6.26 Å². The zero-order valence-corrected chi connectivity index (χ0v) is 20.1. The Morgan fingerprint density at radius 3 is 2.57 bits per heavy atom. The topological polar surface area (TPSA) is 66.8 Å². The van der Waals surface area contributed by atoms with Gasteiger partial charge >= 0.3 is 0 Å². The number of ether oxygens (including phenoxy) is 2. The van der Waals surface area contributed by atoms with E-state index in [-0.39, 0.29) is 6.04 Å². The normalized spacial score (nSPS) is 18.8. The van der Waals surface area contributed by atoms with Gasteiger partial charge in [0.15, 0.2) is 17.3 Å². The largest absolute Gasteiger partial charge is 0.486 e. The first-order valence-corrected chi connectivity index (χ1v) is 12.1. The molecular formula is C28H30N4O3. The number of likely N-dealkylation sites (tertiary alicyclic amines) is 1. The van der Waals surface area contributed by atoms with Crippen molar-refractivity contribution in [3.05, 3.63) is 78.2 Å². The molecular weight excluding hydrogens is 440 g/mol. The van der Waals surface area contributed by atoms with Crippen LogP contribution in [0, 0.1) is 0 Å². The fraction of sp³-hybridized carbons (Fsp3) is 0.321. The molecule has 1 N–H and O–H groups in total. The van der Waals surface area contributed by atoms with Crippen LogP contribution in [0.5, 0.6) is 11.5 Å². The van der Waals surface area contributed by atoms with E-state index in [4.69, 9.17) is 13.9 Å². The Kier molecular flexibility index (Phi) is 5.80. The number of benzene rings is 2. The van der Waals surface area contributed by atoms with E-state index < -0.39 is 0 Å². The summed E-state index contributed by atoms with van der Waals surface area (Å²) < 4.78 is 17.2. The van der Waals surface area contributed by atoms with Gasteiger partial charge in [-0.3, -0.25) is 10.00 Å². The Labute approximate surface area is 205 Å². The summed E-state index contributed by atoms with van der Waals surface area (Å²) in [4.78, 5) is 4.88. The number of nitrogens with zero attached hydrogens (tertiary/aromatic N) is 3. The summed E-state index contributed by atoms with van der Waals surface area (Å²) in [7, 11) is 4.42. The monoisotopic (exact) mass is 470 g/mol. The van der Waals surface area contributed by atoms with Crippen molar-refractivity contribution in [2.24, 2.45) is 0 Å². The van der Waals surface area contributed by atoms with Gasteiger partial charge in [0.05, 0.1) is 18.5 Å². The Bertz CT molecular complexity index is 1280. The molecule has 2 aliphatic heterocycles. The fourth-order valence-corrected chi connectivity index (χ4v) is 5.29. The average molecular weight is 471 g/mol. The highest BCUT2D eigenvalue weighted by Gasteiger charge is 2.32. The molecule has 2 atom stereocenters. The van der Waals surface area contributed by atoms with E-state index in [9.17, 15) is 0 Å². The molecule has 7 nitrogen and oxygen atoms in total. The van der Waals surface area contributed by atoms with Crippen molar-refractivity contribution < 1.29 is 13.9 Å². The van der Waals surface area contributed by atoms with E-state index in [1.165, 1.54) is 5.56 Å². The van der Waals surface area contributed by atoms with Crippen LogP contribution >= 0.6 is 0 Å². The van der Waals surface area contributed by atoms with Crippen LogP contribution in [0.4, 0.5) is 0 Å². The first kappa shape index (κ1) is 21.9. The molecule has 35 heavy (non-hydrogen) atoms. The molecule has 0 radical (unpaired) electrons. The third-order valence-electron chi connectivity index (χ3n) is 7.18. The standard InChI is InChI=1S/C28H30N4O3/c1-31-12-11-22(18-31)32(2)28(23-17-29-30-27(23)25-4-3-13-33-25)20-7-5-19(6-8-20)21-9-10-24-26(16-21)35-15-14-34-24/h3-10,13,16-17,22,28H,11-12,14-15,18H2,1-2H3,(H,29,30). The van der Waals surface area contributed by atoms with Gasteiger partial charge in [-0.25, -0.2) is 0 Å². The minimum absolute atomic E-state index is 0.0414. The van der Waals surface area contributed by atoms with Gasteiger partial charge in [0.1, 0.15) is 18.9 Å². The second-order valence-electron chi connectivity index (χ2n) is 9.43. The van der Waals surface area contributed by atoms with E-state index in [0.29, 0.717) is 19.3 Å². The molecule has 2 aromatic carbocycles. The van der Waals surface area contributed by atoms with E-state index >= 15 is 0 Å². The highest BCUT2D eigenvalue weighted by atomic mass is 16.6. The van der Waals surface area contributed by atoms with Gasteiger partial charge in [-0.05, 0) is 68.0 Å². The van der Waals surface area contributed by atoms with Gasteiger partial charge in [0.2, 0.25) is 0 Å². The Morgan fingerprint density at radius 1 is 1.03 bits per heavy atom. The second kappa shape index (κ2) is 9.24. The van der Waals surface area contributed by atoms with E-state index in [1.807, 2.05) is 24.4 Å². The number of furan rings is 1. The van der Waals surface area contributed by atoms with Crippen molar-refractivity contribution in [3.63, 3.8) is 0 Å². The molecule has 0 bridgehead atoms. The molecule has 1 fully saturated rings.